The first-order valence-electron chi connectivity index (χ1n) is 9.86. The molecule has 0 aromatic rings. The van der Waals surface area contributed by atoms with Crippen molar-refractivity contribution < 1.29 is 0 Å². The number of halogens is 1. The summed E-state index contributed by atoms with van der Waals surface area (Å²) in [5.74, 6) is 2.67. The highest BCUT2D eigenvalue weighted by atomic mass is 35.5. The van der Waals surface area contributed by atoms with Gasteiger partial charge in [-0.1, -0.05) is 87.0 Å². The summed E-state index contributed by atoms with van der Waals surface area (Å²) in [6, 6.07) is 0. The van der Waals surface area contributed by atoms with Crippen molar-refractivity contribution in [2.45, 2.75) is 88.7 Å². The molecule has 3 heteroatoms. The van der Waals surface area contributed by atoms with Crippen molar-refractivity contribution in [3.05, 3.63) is 24.2 Å². The van der Waals surface area contributed by atoms with Crippen molar-refractivity contribution in [3.8, 4) is 0 Å². The second-order valence-corrected chi connectivity index (χ2v) is 14.7. The van der Waals surface area contributed by atoms with Crippen LogP contribution in [0.25, 0.3) is 0 Å². The molecular formula is C20H36BClSi. The summed E-state index contributed by atoms with van der Waals surface area (Å²) in [5, 5.41) is 0. The van der Waals surface area contributed by atoms with E-state index < -0.39 is 8.07 Å². The summed E-state index contributed by atoms with van der Waals surface area (Å²) in [7, 11) is -1.17. The van der Waals surface area contributed by atoms with Gasteiger partial charge < -0.3 is 0 Å². The van der Waals surface area contributed by atoms with Crippen LogP contribution in [0.3, 0.4) is 0 Å². The van der Waals surface area contributed by atoms with E-state index in [4.69, 9.17) is 11.6 Å². The fourth-order valence-corrected chi connectivity index (χ4v) is 8.86. The third kappa shape index (κ3) is 5.26. The first-order valence-corrected chi connectivity index (χ1v) is 14.0. The molecule has 2 saturated heterocycles. The van der Waals surface area contributed by atoms with E-state index in [1.165, 1.54) is 50.4 Å². The van der Waals surface area contributed by atoms with E-state index in [1.54, 1.807) is 0 Å². The number of allylic oxidation sites excluding steroid dienone is 3. The van der Waals surface area contributed by atoms with Crippen LogP contribution in [0.2, 0.25) is 30.9 Å². The minimum atomic E-state index is -1.17. The summed E-state index contributed by atoms with van der Waals surface area (Å²) < 4.78 is 0. The lowest BCUT2D eigenvalue weighted by Crippen LogP contribution is -2.44. The standard InChI is InChI=1S/C20H36BClSi/c1-17(11-7-5-6-8-16-22)21-19-14-9-12-18(13-10-15-19)20(21)23(2,3)4/h7,11,18-20H,1,5-6,8-10,12-16H2,2-4H3/b11-7+/t18?,19?,20-/m1/s1. The molecule has 2 rings (SSSR count). The highest BCUT2D eigenvalue weighted by Gasteiger charge is 2.47. The normalized spacial score (nSPS) is 28.9. The zero-order valence-electron chi connectivity index (χ0n) is 15.6. The third-order valence-corrected chi connectivity index (χ3v) is 9.31. The van der Waals surface area contributed by atoms with Gasteiger partial charge in [0.05, 0.1) is 0 Å². The van der Waals surface area contributed by atoms with Gasteiger partial charge >= 0.3 is 0 Å². The molecule has 130 valence electrons. The van der Waals surface area contributed by atoms with E-state index in [9.17, 15) is 0 Å². The predicted molar refractivity (Wildman–Crippen MR) is 111 cm³/mol. The number of fused-ring (bicyclic) bond motifs is 3. The second-order valence-electron chi connectivity index (χ2n) is 8.96. The number of unbranched alkanes of at least 4 members (excludes halogenated alkanes) is 2. The summed E-state index contributed by atoms with van der Waals surface area (Å²) in [6.07, 6.45) is 17.0. The summed E-state index contributed by atoms with van der Waals surface area (Å²) in [6.45, 7) is 13.1. The Morgan fingerprint density at radius 1 is 1.13 bits per heavy atom. The number of hydrogen-bond acceptors (Lipinski definition) is 0. The Kier molecular flexibility index (Phi) is 7.54. The highest BCUT2D eigenvalue weighted by Crippen LogP contribution is 2.51. The maximum atomic E-state index is 5.78. The van der Waals surface area contributed by atoms with Crippen LogP contribution in [0.15, 0.2) is 24.2 Å². The van der Waals surface area contributed by atoms with Gasteiger partial charge in [-0.15, -0.1) is 18.2 Å². The van der Waals surface area contributed by atoms with Crippen molar-refractivity contribution in [1.82, 2.24) is 0 Å². The highest BCUT2D eigenvalue weighted by molar-refractivity contribution is 6.92. The van der Waals surface area contributed by atoms with Gasteiger partial charge in [-0.25, -0.2) is 0 Å². The topological polar surface area (TPSA) is 0 Å². The molecule has 0 spiro atoms. The van der Waals surface area contributed by atoms with Gasteiger partial charge in [0.15, 0.2) is 6.71 Å². The first-order chi connectivity index (χ1) is 10.9. The minimum Gasteiger partial charge on any atom is -0.127 e. The molecule has 0 radical (unpaired) electrons. The van der Waals surface area contributed by atoms with Crippen LogP contribution in [-0.2, 0) is 0 Å². The van der Waals surface area contributed by atoms with Crippen LogP contribution in [0.1, 0.15) is 57.8 Å². The monoisotopic (exact) mass is 350 g/mol. The third-order valence-electron chi connectivity index (χ3n) is 6.22. The van der Waals surface area contributed by atoms with Gasteiger partial charge in [-0.05, 0) is 25.2 Å². The maximum absolute atomic E-state index is 5.78. The molecule has 23 heavy (non-hydrogen) atoms. The van der Waals surface area contributed by atoms with Gasteiger partial charge in [0.2, 0.25) is 0 Å². The van der Waals surface area contributed by atoms with Crippen molar-refractivity contribution in [2.75, 3.05) is 5.88 Å². The number of hydrogen-bond donors (Lipinski definition) is 0. The molecule has 2 aliphatic heterocycles. The fraction of sp³-hybridized carbons (Fsp3) is 0.800. The van der Waals surface area contributed by atoms with Crippen molar-refractivity contribution >= 4 is 26.4 Å². The predicted octanol–water partition coefficient (Wildman–Crippen LogP) is 7.14. The van der Waals surface area contributed by atoms with Crippen LogP contribution in [0.4, 0.5) is 0 Å². The molecule has 0 nitrogen and oxygen atoms in total. The van der Waals surface area contributed by atoms with E-state index in [1.807, 2.05) is 0 Å². The van der Waals surface area contributed by atoms with E-state index in [0.29, 0.717) is 0 Å². The van der Waals surface area contributed by atoms with E-state index in [0.717, 1.165) is 42.6 Å². The largest absolute Gasteiger partial charge is 0.178 e. The smallest absolute Gasteiger partial charge is 0.127 e. The molecule has 0 aliphatic carbocycles. The molecule has 0 aromatic heterocycles. The average Bonchev–Trinajstić information content (AvgIpc) is 2.75. The van der Waals surface area contributed by atoms with Crippen LogP contribution in [0, 0.1) is 5.92 Å². The van der Waals surface area contributed by atoms with Gasteiger partial charge in [-0.3, -0.25) is 0 Å². The summed E-state index contributed by atoms with van der Waals surface area (Å²) in [5.41, 5.74) is 2.39. The molecule has 2 aliphatic rings. The molecule has 0 amide bonds. The molecule has 2 heterocycles. The van der Waals surface area contributed by atoms with Gasteiger partial charge in [0, 0.05) is 14.0 Å². The molecule has 0 unspecified atom stereocenters. The van der Waals surface area contributed by atoms with Crippen LogP contribution in [0.5, 0.6) is 0 Å². The average molecular weight is 351 g/mol. The first kappa shape index (κ1) is 19.4. The Morgan fingerprint density at radius 2 is 1.78 bits per heavy atom. The maximum Gasteiger partial charge on any atom is 0.178 e. The van der Waals surface area contributed by atoms with Gasteiger partial charge in [0.1, 0.15) is 0 Å². The summed E-state index contributed by atoms with van der Waals surface area (Å²) in [4.78, 5) is 0. The fourth-order valence-electron chi connectivity index (χ4n) is 5.36. The van der Waals surface area contributed by atoms with Gasteiger partial charge in [0.25, 0.3) is 0 Å². The number of rotatable bonds is 7. The zero-order chi connectivity index (χ0) is 16.9. The van der Waals surface area contributed by atoms with E-state index in [2.05, 4.69) is 38.4 Å². The Morgan fingerprint density at radius 3 is 2.35 bits per heavy atom. The molecule has 2 bridgehead atoms. The minimum absolute atomic E-state index is 0.765. The molecule has 0 saturated carbocycles. The van der Waals surface area contributed by atoms with Crippen LogP contribution < -0.4 is 0 Å². The molecule has 0 N–H and O–H groups in total. The molecule has 2 fully saturated rings. The van der Waals surface area contributed by atoms with E-state index >= 15 is 0 Å². The zero-order valence-corrected chi connectivity index (χ0v) is 17.4. The molecular weight excluding hydrogens is 315 g/mol. The van der Waals surface area contributed by atoms with Crippen molar-refractivity contribution in [1.29, 1.82) is 0 Å². The lowest BCUT2D eigenvalue weighted by atomic mass is 9.33. The lowest BCUT2D eigenvalue weighted by Gasteiger charge is -2.39. The Balaban J connectivity index is 2.15. The second kappa shape index (κ2) is 8.95. The van der Waals surface area contributed by atoms with Crippen LogP contribution >= 0.6 is 11.6 Å². The lowest BCUT2D eigenvalue weighted by molar-refractivity contribution is 0.411. The van der Waals surface area contributed by atoms with Crippen molar-refractivity contribution in [3.63, 3.8) is 0 Å². The molecule has 1 atom stereocenters. The molecule has 0 aromatic carbocycles. The number of alkyl halides is 1. The Hall–Kier alpha value is 0.0518. The van der Waals surface area contributed by atoms with Crippen LogP contribution in [-0.4, -0.2) is 20.7 Å². The Labute approximate surface area is 151 Å². The van der Waals surface area contributed by atoms with Crippen molar-refractivity contribution in [2.24, 2.45) is 5.92 Å². The quantitative estimate of drug-likeness (QED) is 0.198. The van der Waals surface area contributed by atoms with Gasteiger partial charge in [-0.2, -0.15) is 0 Å². The SMILES string of the molecule is C=C(/C=C/CCCCCl)B1C2CCCC(CCC2)[C@H]1[Si](C)(C)C. The van der Waals surface area contributed by atoms with E-state index in [-0.39, 0.29) is 0 Å². The summed E-state index contributed by atoms with van der Waals surface area (Å²) >= 11 is 5.78. The Bertz CT molecular complexity index is 402.